The molecule has 2 aliphatic rings. The van der Waals surface area contributed by atoms with Gasteiger partial charge in [-0.15, -0.1) is 11.3 Å². The highest BCUT2D eigenvalue weighted by Gasteiger charge is 2.22. The Morgan fingerprint density at radius 2 is 1.90 bits per heavy atom. The largest absolute Gasteiger partial charge is 0.392 e. The van der Waals surface area contributed by atoms with E-state index in [0.29, 0.717) is 0 Å². The van der Waals surface area contributed by atoms with Crippen molar-refractivity contribution in [2.75, 3.05) is 32.7 Å². The number of hydrogen-bond acceptors (Lipinski definition) is 5. The third-order valence-electron chi connectivity index (χ3n) is 4.65. The summed E-state index contributed by atoms with van der Waals surface area (Å²) in [5.41, 5.74) is 1.26. The molecular formula is C16H27N3OS. The molecule has 0 aromatic carbocycles. The van der Waals surface area contributed by atoms with E-state index in [1.807, 2.05) is 18.3 Å². The third kappa shape index (κ3) is 4.25. The highest BCUT2D eigenvalue weighted by atomic mass is 32.1. The molecule has 1 N–H and O–H groups in total. The van der Waals surface area contributed by atoms with Crippen molar-refractivity contribution in [2.24, 2.45) is 0 Å². The van der Waals surface area contributed by atoms with Crippen molar-refractivity contribution in [3.8, 4) is 0 Å². The van der Waals surface area contributed by atoms with E-state index in [0.717, 1.165) is 45.2 Å². The molecule has 2 fully saturated rings. The Morgan fingerprint density at radius 3 is 2.57 bits per heavy atom. The number of piperazine rings is 1. The number of rotatable bonds is 5. The van der Waals surface area contributed by atoms with Crippen LogP contribution in [0.15, 0.2) is 5.38 Å². The predicted molar refractivity (Wildman–Crippen MR) is 86.7 cm³/mol. The SMILES string of the molecule is C[C@@H](O)CN1CCN(Cc2csc(C3CCCC3)n2)CC1. The average molecular weight is 309 g/mol. The second-order valence-electron chi connectivity index (χ2n) is 6.58. The molecule has 5 heteroatoms. The van der Waals surface area contributed by atoms with Crippen LogP contribution < -0.4 is 0 Å². The van der Waals surface area contributed by atoms with Crippen molar-refractivity contribution in [3.05, 3.63) is 16.1 Å². The van der Waals surface area contributed by atoms with Gasteiger partial charge < -0.3 is 5.11 Å². The summed E-state index contributed by atoms with van der Waals surface area (Å²) in [6, 6.07) is 0. The van der Waals surface area contributed by atoms with E-state index in [9.17, 15) is 5.11 Å². The zero-order chi connectivity index (χ0) is 14.7. The minimum absolute atomic E-state index is 0.218. The summed E-state index contributed by atoms with van der Waals surface area (Å²) in [6.07, 6.45) is 5.22. The number of aromatic nitrogens is 1. The molecular weight excluding hydrogens is 282 g/mol. The zero-order valence-electron chi connectivity index (χ0n) is 13.0. The van der Waals surface area contributed by atoms with Gasteiger partial charge in [0.15, 0.2) is 0 Å². The summed E-state index contributed by atoms with van der Waals surface area (Å²) in [5.74, 6) is 0.742. The first-order valence-corrected chi connectivity index (χ1v) is 9.16. The van der Waals surface area contributed by atoms with E-state index in [2.05, 4.69) is 15.2 Å². The van der Waals surface area contributed by atoms with Gasteiger partial charge >= 0.3 is 0 Å². The summed E-state index contributed by atoms with van der Waals surface area (Å²) >= 11 is 1.86. The van der Waals surface area contributed by atoms with E-state index < -0.39 is 0 Å². The van der Waals surface area contributed by atoms with Crippen molar-refractivity contribution in [1.82, 2.24) is 14.8 Å². The fourth-order valence-electron chi connectivity index (χ4n) is 3.49. The van der Waals surface area contributed by atoms with Gasteiger partial charge in [-0.25, -0.2) is 4.98 Å². The van der Waals surface area contributed by atoms with Crippen LogP contribution in [-0.4, -0.2) is 58.7 Å². The number of nitrogens with zero attached hydrogens (tertiary/aromatic N) is 3. The lowest BCUT2D eigenvalue weighted by Gasteiger charge is -2.34. The van der Waals surface area contributed by atoms with Crippen LogP contribution in [-0.2, 0) is 6.54 Å². The van der Waals surface area contributed by atoms with E-state index in [1.165, 1.54) is 36.4 Å². The maximum Gasteiger partial charge on any atom is 0.0959 e. The van der Waals surface area contributed by atoms with E-state index in [-0.39, 0.29) is 6.10 Å². The molecule has 4 nitrogen and oxygen atoms in total. The van der Waals surface area contributed by atoms with Gasteiger partial charge in [0.25, 0.3) is 0 Å². The Labute approximate surface area is 131 Å². The fraction of sp³-hybridized carbons (Fsp3) is 0.812. The molecule has 2 heterocycles. The van der Waals surface area contributed by atoms with Crippen LogP contribution >= 0.6 is 11.3 Å². The Kier molecular flexibility index (Phi) is 5.27. The standard InChI is InChI=1S/C16H27N3OS/c1-13(20)10-18-6-8-19(9-7-18)11-15-12-21-16(17-15)14-4-2-3-5-14/h12-14,20H,2-11H2,1H3/t13-/m1/s1. The second kappa shape index (κ2) is 7.18. The van der Waals surface area contributed by atoms with Crippen molar-refractivity contribution in [1.29, 1.82) is 0 Å². The molecule has 1 aliphatic carbocycles. The molecule has 1 aromatic rings. The van der Waals surface area contributed by atoms with Crippen LogP contribution in [0.4, 0.5) is 0 Å². The molecule has 1 aromatic heterocycles. The molecule has 118 valence electrons. The first-order valence-electron chi connectivity index (χ1n) is 8.28. The highest BCUT2D eigenvalue weighted by Crippen LogP contribution is 2.35. The Morgan fingerprint density at radius 1 is 1.24 bits per heavy atom. The van der Waals surface area contributed by atoms with Gasteiger partial charge in [0.05, 0.1) is 16.8 Å². The summed E-state index contributed by atoms with van der Waals surface area (Å²) in [6.45, 7) is 7.95. The number of thiazole rings is 1. The zero-order valence-corrected chi connectivity index (χ0v) is 13.8. The Bertz CT molecular complexity index is 434. The summed E-state index contributed by atoms with van der Waals surface area (Å²) in [5, 5.41) is 13.1. The summed E-state index contributed by atoms with van der Waals surface area (Å²) in [7, 11) is 0. The van der Waals surface area contributed by atoms with Crippen LogP contribution in [0.5, 0.6) is 0 Å². The molecule has 3 rings (SSSR count). The lowest BCUT2D eigenvalue weighted by atomic mass is 10.1. The van der Waals surface area contributed by atoms with Gasteiger partial charge in [0.1, 0.15) is 0 Å². The van der Waals surface area contributed by atoms with Crippen molar-refractivity contribution >= 4 is 11.3 Å². The molecule has 21 heavy (non-hydrogen) atoms. The smallest absolute Gasteiger partial charge is 0.0959 e. The first kappa shape index (κ1) is 15.4. The first-order chi connectivity index (χ1) is 10.2. The summed E-state index contributed by atoms with van der Waals surface area (Å²) in [4.78, 5) is 9.72. The van der Waals surface area contributed by atoms with Crippen LogP contribution in [0, 0.1) is 0 Å². The average Bonchev–Trinajstić information content (AvgIpc) is 3.11. The molecule has 1 aliphatic heterocycles. The quantitative estimate of drug-likeness (QED) is 0.906. The van der Waals surface area contributed by atoms with Gasteiger partial charge in [-0.1, -0.05) is 12.8 Å². The van der Waals surface area contributed by atoms with Gasteiger partial charge in [0, 0.05) is 50.6 Å². The van der Waals surface area contributed by atoms with Crippen molar-refractivity contribution in [2.45, 2.75) is 51.2 Å². The molecule has 0 spiro atoms. The van der Waals surface area contributed by atoms with Gasteiger partial charge in [-0.05, 0) is 19.8 Å². The van der Waals surface area contributed by atoms with Crippen LogP contribution in [0.1, 0.15) is 49.2 Å². The lowest BCUT2D eigenvalue weighted by molar-refractivity contribution is 0.0776. The van der Waals surface area contributed by atoms with Crippen molar-refractivity contribution < 1.29 is 5.11 Å². The molecule has 0 radical (unpaired) electrons. The van der Waals surface area contributed by atoms with Crippen LogP contribution in [0.2, 0.25) is 0 Å². The van der Waals surface area contributed by atoms with Gasteiger partial charge in [-0.2, -0.15) is 0 Å². The fourth-order valence-corrected chi connectivity index (χ4v) is 4.47. The van der Waals surface area contributed by atoms with E-state index >= 15 is 0 Å². The van der Waals surface area contributed by atoms with Crippen LogP contribution in [0.3, 0.4) is 0 Å². The number of β-amino-alcohol motifs (C(OH)–C–C–N with tert-alkyl or cyclic N) is 1. The number of aliphatic hydroxyl groups is 1. The topological polar surface area (TPSA) is 39.6 Å². The van der Waals surface area contributed by atoms with Crippen molar-refractivity contribution in [3.63, 3.8) is 0 Å². The molecule has 0 amide bonds. The Balaban J connectivity index is 1.47. The maximum absolute atomic E-state index is 9.45. The van der Waals surface area contributed by atoms with E-state index in [1.54, 1.807) is 0 Å². The minimum Gasteiger partial charge on any atom is -0.392 e. The van der Waals surface area contributed by atoms with Gasteiger partial charge in [-0.3, -0.25) is 9.80 Å². The van der Waals surface area contributed by atoms with Gasteiger partial charge in [0.2, 0.25) is 0 Å². The highest BCUT2D eigenvalue weighted by molar-refractivity contribution is 7.09. The minimum atomic E-state index is -0.218. The third-order valence-corrected chi connectivity index (χ3v) is 5.70. The predicted octanol–water partition coefficient (Wildman–Crippen LogP) is 2.30. The number of hydrogen-bond donors (Lipinski definition) is 1. The molecule has 0 bridgehead atoms. The molecule has 1 saturated carbocycles. The monoisotopic (exact) mass is 309 g/mol. The van der Waals surface area contributed by atoms with Crippen LogP contribution in [0.25, 0.3) is 0 Å². The molecule has 1 atom stereocenters. The summed E-state index contributed by atoms with van der Waals surface area (Å²) < 4.78 is 0. The molecule has 0 unspecified atom stereocenters. The Hall–Kier alpha value is -0.490. The second-order valence-corrected chi connectivity index (χ2v) is 7.47. The maximum atomic E-state index is 9.45. The molecule has 1 saturated heterocycles. The lowest BCUT2D eigenvalue weighted by Crippen LogP contribution is -2.47. The van der Waals surface area contributed by atoms with E-state index in [4.69, 9.17) is 4.98 Å². The number of aliphatic hydroxyl groups excluding tert-OH is 1. The normalized spacial score (nSPS) is 23.7.